The smallest absolute Gasteiger partial charge is 0.333 e. The van der Waals surface area contributed by atoms with Crippen LogP contribution in [0, 0.1) is 0 Å². The lowest BCUT2D eigenvalue weighted by Gasteiger charge is -2.38. The summed E-state index contributed by atoms with van der Waals surface area (Å²) in [6, 6.07) is 9.98. The molecule has 1 fully saturated rings. The van der Waals surface area contributed by atoms with E-state index in [2.05, 4.69) is 4.90 Å². The Morgan fingerprint density at radius 3 is 2.88 bits per heavy atom. The molecule has 1 saturated heterocycles. The number of cyclic esters (lactones) is 1. The Labute approximate surface area is 142 Å². The highest BCUT2D eigenvalue weighted by molar-refractivity contribution is 5.86. The van der Waals surface area contributed by atoms with Crippen LogP contribution in [0.5, 0.6) is 0 Å². The van der Waals surface area contributed by atoms with E-state index in [0.717, 1.165) is 30.6 Å². The van der Waals surface area contributed by atoms with E-state index < -0.39 is 11.7 Å². The van der Waals surface area contributed by atoms with Crippen LogP contribution in [0.25, 0.3) is 0 Å². The minimum absolute atomic E-state index is 0.221. The quantitative estimate of drug-likeness (QED) is 0.807. The van der Waals surface area contributed by atoms with Gasteiger partial charge in [0.25, 0.3) is 0 Å². The number of carbonyl (C=O) groups excluding carboxylic acids is 1. The molecule has 0 saturated carbocycles. The van der Waals surface area contributed by atoms with Crippen LogP contribution in [0.15, 0.2) is 42.1 Å². The van der Waals surface area contributed by atoms with Crippen molar-refractivity contribution >= 4 is 5.97 Å². The van der Waals surface area contributed by atoms with Crippen molar-refractivity contribution < 1.29 is 19.4 Å². The normalized spacial score (nSPS) is 28.0. The lowest BCUT2D eigenvalue weighted by atomic mass is 9.89. The number of nitrogens with zero attached hydrogens (tertiary/aromatic N) is 1. The summed E-state index contributed by atoms with van der Waals surface area (Å²) in [5.41, 5.74) is 0.766. The van der Waals surface area contributed by atoms with Gasteiger partial charge in [0.2, 0.25) is 0 Å². The molecule has 0 amide bonds. The monoisotopic (exact) mass is 331 g/mol. The molecule has 0 bridgehead atoms. The molecule has 3 atom stereocenters. The van der Waals surface area contributed by atoms with Gasteiger partial charge in [-0.1, -0.05) is 30.3 Å². The third-order valence-electron chi connectivity index (χ3n) is 5.03. The summed E-state index contributed by atoms with van der Waals surface area (Å²) in [6.45, 7) is 3.26. The largest absolute Gasteiger partial charge is 0.447 e. The lowest BCUT2D eigenvalue weighted by Crippen LogP contribution is -2.49. The van der Waals surface area contributed by atoms with Crippen molar-refractivity contribution in [3.05, 3.63) is 47.7 Å². The third kappa shape index (κ3) is 3.19. The van der Waals surface area contributed by atoms with Crippen LogP contribution in [-0.4, -0.2) is 54.0 Å². The van der Waals surface area contributed by atoms with Crippen LogP contribution >= 0.6 is 0 Å². The van der Waals surface area contributed by atoms with Gasteiger partial charge in [-0.2, -0.15) is 0 Å². The fourth-order valence-corrected chi connectivity index (χ4v) is 3.70. The molecule has 0 radical (unpaired) electrons. The number of methoxy groups -OCH3 is 1. The number of carbonyl (C=O) groups is 1. The van der Waals surface area contributed by atoms with Crippen LogP contribution in [0.1, 0.15) is 25.3 Å². The molecule has 0 spiro atoms. The summed E-state index contributed by atoms with van der Waals surface area (Å²) in [5.74, 6) is -0.386. The van der Waals surface area contributed by atoms with Gasteiger partial charge in [-0.05, 0) is 25.3 Å². The zero-order valence-corrected chi connectivity index (χ0v) is 14.3. The van der Waals surface area contributed by atoms with E-state index in [4.69, 9.17) is 9.47 Å². The van der Waals surface area contributed by atoms with E-state index in [1.807, 2.05) is 30.3 Å². The highest BCUT2D eigenvalue weighted by Crippen LogP contribution is 2.38. The van der Waals surface area contributed by atoms with E-state index in [-0.39, 0.29) is 12.0 Å². The lowest BCUT2D eigenvalue weighted by molar-refractivity contribution is -0.155. The minimum Gasteiger partial charge on any atom is -0.447 e. The molecule has 2 aliphatic rings. The zero-order chi connectivity index (χ0) is 17.2. The second-order valence-electron chi connectivity index (χ2n) is 6.71. The van der Waals surface area contributed by atoms with Crippen molar-refractivity contribution in [3.63, 3.8) is 0 Å². The van der Waals surface area contributed by atoms with E-state index in [1.54, 1.807) is 14.0 Å². The van der Waals surface area contributed by atoms with Gasteiger partial charge in [0.15, 0.2) is 5.60 Å². The molecule has 0 unspecified atom stereocenters. The van der Waals surface area contributed by atoms with Gasteiger partial charge in [-0.25, -0.2) is 4.79 Å². The predicted octanol–water partition coefficient (Wildman–Crippen LogP) is 1.90. The first-order valence-corrected chi connectivity index (χ1v) is 8.47. The molecular formula is C19H25NO4. The van der Waals surface area contributed by atoms with Gasteiger partial charge in [0.05, 0.1) is 18.3 Å². The molecule has 0 aromatic heterocycles. The summed E-state index contributed by atoms with van der Waals surface area (Å²) < 4.78 is 10.9. The van der Waals surface area contributed by atoms with Crippen LogP contribution < -0.4 is 0 Å². The standard InChI is InChI=1S/C19H25NO4/c1-19(17(21)11-14-7-4-3-5-8-14)16(12-18(22)24-19)20-10-6-9-15(20)13-23-2/h3-5,7-8,12,15,17,21H,6,9-11,13H2,1-2H3/t15-,17+,19+/m0/s1. The van der Waals surface area contributed by atoms with Crippen molar-refractivity contribution in [2.75, 3.05) is 20.3 Å². The van der Waals surface area contributed by atoms with Crippen molar-refractivity contribution in [2.45, 2.75) is 43.9 Å². The van der Waals surface area contributed by atoms with Crippen LogP contribution in [0.4, 0.5) is 0 Å². The zero-order valence-electron chi connectivity index (χ0n) is 14.3. The number of hydrogen-bond donors (Lipinski definition) is 1. The average Bonchev–Trinajstić information content (AvgIpc) is 3.13. The SMILES string of the molecule is COC[C@@H]1CCCN1C1=CC(=O)O[C@@]1(C)[C@H](O)Cc1ccccc1. The minimum atomic E-state index is -1.02. The average molecular weight is 331 g/mol. The van der Waals surface area contributed by atoms with Crippen LogP contribution in [-0.2, 0) is 20.7 Å². The number of benzene rings is 1. The third-order valence-corrected chi connectivity index (χ3v) is 5.03. The molecule has 1 N–H and O–H groups in total. The van der Waals surface area contributed by atoms with Crippen molar-refractivity contribution in [3.8, 4) is 0 Å². The molecular weight excluding hydrogens is 306 g/mol. The topological polar surface area (TPSA) is 59.0 Å². The number of aliphatic hydroxyl groups excluding tert-OH is 1. The van der Waals surface area contributed by atoms with E-state index in [1.165, 1.54) is 6.08 Å². The highest BCUT2D eigenvalue weighted by Gasteiger charge is 2.49. The molecule has 2 heterocycles. The van der Waals surface area contributed by atoms with Crippen molar-refractivity contribution in [1.82, 2.24) is 4.90 Å². The fourth-order valence-electron chi connectivity index (χ4n) is 3.70. The Kier molecular flexibility index (Phi) is 4.92. The molecule has 24 heavy (non-hydrogen) atoms. The Balaban J connectivity index is 1.82. The number of rotatable bonds is 6. The van der Waals surface area contributed by atoms with E-state index >= 15 is 0 Å². The van der Waals surface area contributed by atoms with Crippen LogP contribution in [0.3, 0.4) is 0 Å². The van der Waals surface area contributed by atoms with Gasteiger partial charge in [-0.15, -0.1) is 0 Å². The highest BCUT2D eigenvalue weighted by atomic mass is 16.6. The number of esters is 1. The summed E-state index contributed by atoms with van der Waals surface area (Å²) in [5, 5.41) is 10.9. The molecule has 2 aliphatic heterocycles. The second kappa shape index (κ2) is 6.95. The van der Waals surface area contributed by atoms with E-state index in [0.29, 0.717) is 13.0 Å². The summed E-state index contributed by atoms with van der Waals surface area (Å²) >= 11 is 0. The number of ether oxygens (including phenoxy) is 2. The van der Waals surface area contributed by atoms with Gasteiger partial charge in [0.1, 0.15) is 6.10 Å². The van der Waals surface area contributed by atoms with Crippen LogP contribution in [0.2, 0.25) is 0 Å². The maximum Gasteiger partial charge on any atom is 0.333 e. The van der Waals surface area contributed by atoms with Crippen molar-refractivity contribution in [2.24, 2.45) is 0 Å². The van der Waals surface area contributed by atoms with Crippen molar-refractivity contribution in [1.29, 1.82) is 0 Å². The number of hydrogen-bond acceptors (Lipinski definition) is 5. The first kappa shape index (κ1) is 17.0. The predicted molar refractivity (Wildman–Crippen MR) is 90.3 cm³/mol. The number of likely N-dealkylation sites (tertiary alicyclic amines) is 1. The maximum absolute atomic E-state index is 12.0. The molecule has 0 aliphatic carbocycles. The molecule has 130 valence electrons. The molecule has 3 rings (SSSR count). The molecule has 5 heteroatoms. The summed E-state index contributed by atoms with van der Waals surface area (Å²) in [4.78, 5) is 14.1. The van der Waals surface area contributed by atoms with Gasteiger partial charge in [0, 0.05) is 26.2 Å². The number of aliphatic hydroxyl groups is 1. The van der Waals surface area contributed by atoms with E-state index in [9.17, 15) is 9.90 Å². The van der Waals surface area contributed by atoms with Gasteiger partial charge >= 0.3 is 5.97 Å². The first-order chi connectivity index (χ1) is 11.5. The maximum atomic E-state index is 12.0. The summed E-state index contributed by atoms with van der Waals surface area (Å²) in [7, 11) is 1.69. The Morgan fingerprint density at radius 1 is 1.42 bits per heavy atom. The van der Waals surface area contributed by atoms with Gasteiger partial charge < -0.3 is 19.5 Å². The Morgan fingerprint density at radius 2 is 2.17 bits per heavy atom. The Hall–Kier alpha value is -1.85. The van der Waals surface area contributed by atoms with Gasteiger partial charge in [-0.3, -0.25) is 0 Å². The molecule has 1 aromatic rings. The first-order valence-electron chi connectivity index (χ1n) is 8.47. The Bertz CT molecular complexity index is 615. The fraction of sp³-hybridized carbons (Fsp3) is 0.526. The molecule has 1 aromatic carbocycles. The molecule has 5 nitrogen and oxygen atoms in total. The summed E-state index contributed by atoms with van der Waals surface area (Å²) in [6.07, 6.45) is 3.23. The second-order valence-corrected chi connectivity index (χ2v) is 6.71.